The fourth-order valence-electron chi connectivity index (χ4n) is 2.60. The Labute approximate surface area is 148 Å². The third kappa shape index (κ3) is 3.35. The van der Waals surface area contributed by atoms with Gasteiger partial charge in [-0.2, -0.15) is 0 Å². The molecule has 7 heteroatoms. The van der Waals surface area contributed by atoms with Crippen LogP contribution >= 0.6 is 11.6 Å². The Kier molecular flexibility index (Phi) is 4.74. The molecule has 3 aromatic rings. The van der Waals surface area contributed by atoms with Crippen molar-refractivity contribution in [2.24, 2.45) is 0 Å². The van der Waals surface area contributed by atoms with Crippen LogP contribution in [0.15, 0.2) is 47.3 Å². The normalized spacial score (nSPS) is 10.7. The zero-order chi connectivity index (χ0) is 18.0. The van der Waals surface area contributed by atoms with Crippen molar-refractivity contribution in [3.63, 3.8) is 0 Å². The molecule has 0 radical (unpaired) electrons. The van der Waals surface area contributed by atoms with E-state index in [4.69, 9.17) is 16.3 Å². The van der Waals surface area contributed by atoms with Gasteiger partial charge in [0.15, 0.2) is 0 Å². The van der Waals surface area contributed by atoms with E-state index < -0.39 is 18.1 Å². The minimum absolute atomic E-state index is 0.145. The molecular formula is C18H15ClN2O4. The molecule has 0 saturated carbocycles. The third-order valence-electron chi connectivity index (χ3n) is 3.82. The average molecular weight is 359 g/mol. The van der Waals surface area contributed by atoms with Gasteiger partial charge in [0.2, 0.25) is 0 Å². The first-order valence-corrected chi connectivity index (χ1v) is 7.82. The highest BCUT2D eigenvalue weighted by atomic mass is 35.5. The van der Waals surface area contributed by atoms with Crippen LogP contribution in [0.3, 0.4) is 0 Å². The highest BCUT2D eigenvalue weighted by Crippen LogP contribution is 2.23. The molecule has 0 spiro atoms. The molecule has 3 rings (SSSR count). The number of halogens is 1. The second-order valence-corrected chi connectivity index (χ2v) is 5.77. The molecule has 0 unspecified atom stereocenters. The molecule has 0 saturated heterocycles. The number of amides is 1. The summed E-state index contributed by atoms with van der Waals surface area (Å²) in [6.45, 7) is -0.466. The number of ether oxygens (including phenoxy) is 1. The van der Waals surface area contributed by atoms with Gasteiger partial charge in [0, 0.05) is 27.2 Å². The summed E-state index contributed by atoms with van der Waals surface area (Å²) in [5, 5.41) is 13.3. The van der Waals surface area contributed by atoms with Gasteiger partial charge in [0.1, 0.15) is 11.3 Å². The van der Waals surface area contributed by atoms with E-state index in [2.05, 4.69) is 10.3 Å². The van der Waals surface area contributed by atoms with E-state index in [-0.39, 0.29) is 11.1 Å². The van der Waals surface area contributed by atoms with Gasteiger partial charge < -0.3 is 20.1 Å². The van der Waals surface area contributed by atoms with Crippen molar-refractivity contribution >= 4 is 34.1 Å². The first-order valence-electron chi connectivity index (χ1n) is 7.44. The van der Waals surface area contributed by atoms with Crippen LogP contribution in [0.2, 0.25) is 5.02 Å². The number of fused-ring (bicyclic) bond motifs is 1. The standard InChI is InChI=1S/C18H15ClN2O4/c1-25-12-5-3-11(4-6-12)20-17(23)16-14(9-22)13-8-10(19)2-7-15(13)21-18(16)24/h2-8,22H,9H2,1H3,(H,20,23)(H,21,24). The predicted molar refractivity (Wildman–Crippen MR) is 96.4 cm³/mol. The Morgan fingerprint density at radius 1 is 1.24 bits per heavy atom. The summed E-state index contributed by atoms with van der Waals surface area (Å²) in [6, 6.07) is 11.5. The minimum atomic E-state index is -0.614. The number of rotatable bonds is 4. The molecule has 0 aliphatic rings. The first kappa shape index (κ1) is 17.0. The van der Waals surface area contributed by atoms with Crippen LogP contribution < -0.4 is 15.6 Å². The number of anilines is 1. The fourth-order valence-corrected chi connectivity index (χ4v) is 2.78. The van der Waals surface area contributed by atoms with Crippen molar-refractivity contribution in [2.45, 2.75) is 6.61 Å². The summed E-state index contributed by atoms with van der Waals surface area (Å²) in [6.07, 6.45) is 0. The Morgan fingerprint density at radius 3 is 2.60 bits per heavy atom. The Bertz CT molecular complexity index is 996. The van der Waals surface area contributed by atoms with Gasteiger partial charge in [-0.25, -0.2) is 0 Å². The van der Waals surface area contributed by atoms with E-state index >= 15 is 0 Å². The maximum absolute atomic E-state index is 12.6. The second kappa shape index (κ2) is 6.96. The lowest BCUT2D eigenvalue weighted by atomic mass is 10.0. The Balaban J connectivity index is 2.05. The van der Waals surface area contributed by atoms with E-state index in [1.165, 1.54) is 0 Å². The number of pyridine rings is 1. The summed E-state index contributed by atoms with van der Waals surface area (Å²) in [4.78, 5) is 27.6. The van der Waals surface area contributed by atoms with Gasteiger partial charge in [-0.15, -0.1) is 0 Å². The third-order valence-corrected chi connectivity index (χ3v) is 4.05. The highest BCUT2D eigenvalue weighted by molar-refractivity contribution is 6.31. The largest absolute Gasteiger partial charge is 0.497 e. The monoisotopic (exact) mass is 358 g/mol. The van der Waals surface area contributed by atoms with Crippen molar-refractivity contribution in [1.29, 1.82) is 0 Å². The Hall–Kier alpha value is -2.83. The van der Waals surface area contributed by atoms with Crippen molar-refractivity contribution in [2.75, 3.05) is 12.4 Å². The van der Waals surface area contributed by atoms with Crippen molar-refractivity contribution in [3.05, 3.63) is 69.0 Å². The average Bonchev–Trinajstić information content (AvgIpc) is 2.61. The van der Waals surface area contributed by atoms with E-state index in [1.807, 2.05) is 0 Å². The van der Waals surface area contributed by atoms with E-state index in [0.29, 0.717) is 27.4 Å². The molecule has 0 atom stereocenters. The van der Waals surface area contributed by atoms with Crippen LogP contribution in [0, 0.1) is 0 Å². The number of H-pyrrole nitrogens is 1. The molecule has 2 aromatic carbocycles. The molecule has 0 fully saturated rings. The molecule has 3 N–H and O–H groups in total. The summed E-state index contributed by atoms with van der Waals surface area (Å²) in [5.74, 6) is 0.0320. The van der Waals surface area contributed by atoms with E-state index in [1.54, 1.807) is 49.6 Å². The number of benzene rings is 2. The van der Waals surface area contributed by atoms with Crippen LogP contribution in [0.25, 0.3) is 10.9 Å². The number of methoxy groups -OCH3 is 1. The molecular weight excluding hydrogens is 344 g/mol. The number of aromatic amines is 1. The van der Waals surface area contributed by atoms with Crippen LogP contribution in [0.4, 0.5) is 5.69 Å². The molecule has 1 heterocycles. The lowest BCUT2D eigenvalue weighted by Crippen LogP contribution is -2.26. The van der Waals surface area contributed by atoms with Crippen LogP contribution in [-0.4, -0.2) is 23.1 Å². The highest BCUT2D eigenvalue weighted by Gasteiger charge is 2.19. The maximum Gasteiger partial charge on any atom is 0.261 e. The number of nitrogens with one attached hydrogen (secondary N) is 2. The molecule has 6 nitrogen and oxygen atoms in total. The van der Waals surface area contributed by atoms with Crippen LogP contribution in [-0.2, 0) is 6.61 Å². The molecule has 0 aliphatic carbocycles. The molecule has 0 bridgehead atoms. The number of carbonyl (C=O) groups excluding carboxylic acids is 1. The number of aliphatic hydroxyl groups excluding tert-OH is 1. The fraction of sp³-hybridized carbons (Fsp3) is 0.111. The maximum atomic E-state index is 12.6. The summed E-state index contributed by atoms with van der Waals surface area (Å²) in [7, 11) is 1.54. The first-order chi connectivity index (χ1) is 12.0. The summed E-state index contributed by atoms with van der Waals surface area (Å²) >= 11 is 5.99. The minimum Gasteiger partial charge on any atom is -0.497 e. The molecule has 25 heavy (non-hydrogen) atoms. The van der Waals surface area contributed by atoms with Crippen molar-refractivity contribution < 1.29 is 14.6 Å². The van der Waals surface area contributed by atoms with E-state index in [0.717, 1.165) is 0 Å². The molecule has 1 aromatic heterocycles. The van der Waals surface area contributed by atoms with Crippen molar-refractivity contribution in [1.82, 2.24) is 4.98 Å². The zero-order valence-electron chi connectivity index (χ0n) is 13.3. The van der Waals surface area contributed by atoms with E-state index in [9.17, 15) is 14.7 Å². The van der Waals surface area contributed by atoms with Gasteiger partial charge in [-0.3, -0.25) is 9.59 Å². The van der Waals surface area contributed by atoms with Crippen LogP contribution in [0.5, 0.6) is 5.75 Å². The van der Waals surface area contributed by atoms with Crippen molar-refractivity contribution in [3.8, 4) is 5.75 Å². The number of hydrogen-bond acceptors (Lipinski definition) is 4. The molecule has 0 aliphatic heterocycles. The lowest BCUT2D eigenvalue weighted by molar-refractivity contribution is 0.102. The summed E-state index contributed by atoms with van der Waals surface area (Å²) < 4.78 is 5.06. The topological polar surface area (TPSA) is 91.4 Å². The number of aliphatic hydroxyl groups is 1. The number of hydrogen-bond donors (Lipinski definition) is 3. The van der Waals surface area contributed by atoms with Gasteiger partial charge in [0.25, 0.3) is 11.5 Å². The molecule has 128 valence electrons. The van der Waals surface area contributed by atoms with Gasteiger partial charge in [-0.05, 0) is 42.5 Å². The molecule has 1 amide bonds. The quantitative estimate of drug-likeness (QED) is 0.668. The number of aromatic nitrogens is 1. The SMILES string of the molecule is COc1ccc(NC(=O)c2c(CO)c3cc(Cl)ccc3[nH]c2=O)cc1. The zero-order valence-corrected chi connectivity index (χ0v) is 14.1. The van der Waals surface area contributed by atoms with Gasteiger partial charge >= 0.3 is 0 Å². The number of carbonyl (C=O) groups is 1. The smallest absolute Gasteiger partial charge is 0.261 e. The predicted octanol–water partition coefficient (Wildman–Crippen LogP) is 2.93. The van der Waals surface area contributed by atoms with Crippen LogP contribution in [0.1, 0.15) is 15.9 Å². The lowest BCUT2D eigenvalue weighted by Gasteiger charge is -2.11. The van der Waals surface area contributed by atoms with Gasteiger partial charge in [-0.1, -0.05) is 11.6 Å². The van der Waals surface area contributed by atoms with Gasteiger partial charge in [0.05, 0.1) is 13.7 Å². The summed E-state index contributed by atoms with van der Waals surface area (Å²) in [5.41, 5.74) is 0.505. The Morgan fingerprint density at radius 2 is 1.96 bits per heavy atom. The second-order valence-electron chi connectivity index (χ2n) is 5.34.